The topological polar surface area (TPSA) is 84.9 Å². The van der Waals surface area contributed by atoms with Gasteiger partial charge in [0.25, 0.3) is 5.91 Å². The second-order valence-corrected chi connectivity index (χ2v) is 4.24. The molecule has 0 aromatic heterocycles. The number of nitrogens with one attached hydrogen (secondary N) is 1. The lowest BCUT2D eigenvalue weighted by molar-refractivity contribution is -0.142. The SMILES string of the molecule is O=C(N[C@@H](CC1CC1)C(=O)O)C1=COCCO1. The molecule has 0 aromatic carbocycles. The third-order valence-electron chi connectivity index (χ3n) is 2.74. The summed E-state index contributed by atoms with van der Waals surface area (Å²) in [5.41, 5.74) is 0. The highest BCUT2D eigenvalue weighted by atomic mass is 16.6. The Hall–Kier alpha value is -1.72. The van der Waals surface area contributed by atoms with Gasteiger partial charge in [0.15, 0.2) is 0 Å². The number of hydrogen-bond acceptors (Lipinski definition) is 4. The van der Waals surface area contributed by atoms with E-state index in [-0.39, 0.29) is 5.76 Å². The van der Waals surface area contributed by atoms with Crippen LogP contribution in [0.5, 0.6) is 0 Å². The largest absolute Gasteiger partial charge is 0.494 e. The predicted molar refractivity (Wildman–Crippen MR) is 56.9 cm³/mol. The fraction of sp³-hybridized carbons (Fsp3) is 0.636. The minimum Gasteiger partial charge on any atom is -0.494 e. The molecule has 1 fully saturated rings. The number of carbonyl (C=O) groups is 2. The molecule has 1 aliphatic heterocycles. The summed E-state index contributed by atoms with van der Waals surface area (Å²) < 4.78 is 10.0. The Morgan fingerprint density at radius 1 is 1.47 bits per heavy atom. The Morgan fingerprint density at radius 3 is 2.76 bits per heavy atom. The Bertz CT molecular complexity index is 348. The minimum absolute atomic E-state index is 0.0401. The second-order valence-electron chi connectivity index (χ2n) is 4.24. The molecule has 2 aliphatic rings. The van der Waals surface area contributed by atoms with E-state index in [1.165, 1.54) is 6.26 Å². The highest BCUT2D eigenvalue weighted by Gasteiger charge is 2.31. The first-order chi connectivity index (χ1) is 8.16. The van der Waals surface area contributed by atoms with Gasteiger partial charge in [0.2, 0.25) is 5.76 Å². The molecular formula is C11H15NO5. The van der Waals surface area contributed by atoms with Gasteiger partial charge >= 0.3 is 5.97 Å². The van der Waals surface area contributed by atoms with E-state index in [1.54, 1.807) is 0 Å². The first-order valence-electron chi connectivity index (χ1n) is 5.65. The molecule has 2 rings (SSSR count). The zero-order valence-corrected chi connectivity index (χ0v) is 9.35. The number of ether oxygens (including phenoxy) is 2. The molecule has 0 aromatic rings. The van der Waals surface area contributed by atoms with E-state index in [1.807, 2.05) is 0 Å². The highest BCUT2D eigenvalue weighted by molar-refractivity contribution is 5.94. The molecule has 0 radical (unpaired) electrons. The van der Waals surface area contributed by atoms with E-state index in [0.29, 0.717) is 25.6 Å². The van der Waals surface area contributed by atoms with E-state index < -0.39 is 17.9 Å². The quantitative estimate of drug-likeness (QED) is 0.720. The smallest absolute Gasteiger partial charge is 0.326 e. The number of carboxylic acids is 1. The van der Waals surface area contributed by atoms with Gasteiger partial charge in [-0.2, -0.15) is 0 Å². The Morgan fingerprint density at radius 2 is 2.24 bits per heavy atom. The summed E-state index contributed by atoms with van der Waals surface area (Å²) in [6.45, 7) is 0.709. The summed E-state index contributed by atoms with van der Waals surface area (Å²) in [6.07, 6.45) is 3.79. The van der Waals surface area contributed by atoms with Crippen molar-refractivity contribution in [3.8, 4) is 0 Å². The molecule has 0 unspecified atom stereocenters. The maximum Gasteiger partial charge on any atom is 0.326 e. The Labute approximate surface area is 98.6 Å². The second kappa shape index (κ2) is 5.07. The van der Waals surface area contributed by atoms with Crippen LogP contribution in [-0.2, 0) is 19.1 Å². The first-order valence-corrected chi connectivity index (χ1v) is 5.65. The molecule has 0 saturated heterocycles. The lowest BCUT2D eigenvalue weighted by Gasteiger charge is -2.18. The molecular weight excluding hydrogens is 226 g/mol. The fourth-order valence-corrected chi connectivity index (χ4v) is 1.63. The van der Waals surface area contributed by atoms with E-state index in [4.69, 9.17) is 14.6 Å². The zero-order valence-electron chi connectivity index (χ0n) is 9.35. The van der Waals surface area contributed by atoms with E-state index in [0.717, 1.165) is 12.8 Å². The molecule has 17 heavy (non-hydrogen) atoms. The van der Waals surface area contributed by atoms with Gasteiger partial charge in [-0.05, 0) is 12.3 Å². The molecule has 6 heteroatoms. The molecule has 1 aliphatic carbocycles. The van der Waals surface area contributed by atoms with Crippen molar-refractivity contribution in [3.05, 3.63) is 12.0 Å². The van der Waals surface area contributed by atoms with Gasteiger partial charge < -0.3 is 19.9 Å². The van der Waals surface area contributed by atoms with E-state index >= 15 is 0 Å². The molecule has 1 heterocycles. The number of rotatable bonds is 5. The van der Waals surface area contributed by atoms with Crippen LogP contribution in [0.4, 0.5) is 0 Å². The van der Waals surface area contributed by atoms with Crippen LogP contribution in [0.2, 0.25) is 0 Å². The van der Waals surface area contributed by atoms with Crippen LogP contribution in [-0.4, -0.2) is 36.2 Å². The van der Waals surface area contributed by atoms with Gasteiger partial charge in [-0.1, -0.05) is 12.8 Å². The highest BCUT2D eigenvalue weighted by Crippen LogP contribution is 2.33. The average Bonchev–Trinajstić information content (AvgIpc) is 3.13. The number of amides is 1. The van der Waals surface area contributed by atoms with Crippen LogP contribution in [0.1, 0.15) is 19.3 Å². The Balaban J connectivity index is 1.89. The van der Waals surface area contributed by atoms with Crippen molar-refractivity contribution in [2.45, 2.75) is 25.3 Å². The molecule has 1 saturated carbocycles. The van der Waals surface area contributed by atoms with Crippen molar-refractivity contribution in [1.29, 1.82) is 0 Å². The van der Waals surface area contributed by atoms with E-state index in [9.17, 15) is 9.59 Å². The minimum atomic E-state index is -1.01. The van der Waals surface area contributed by atoms with Crippen LogP contribution in [0.3, 0.4) is 0 Å². The zero-order chi connectivity index (χ0) is 12.3. The third-order valence-corrected chi connectivity index (χ3v) is 2.74. The van der Waals surface area contributed by atoms with Gasteiger partial charge in [0, 0.05) is 0 Å². The van der Waals surface area contributed by atoms with Crippen molar-refractivity contribution in [1.82, 2.24) is 5.32 Å². The van der Waals surface area contributed by atoms with Crippen molar-refractivity contribution in [3.63, 3.8) is 0 Å². The van der Waals surface area contributed by atoms with Crippen LogP contribution in [0.25, 0.3) is 0 Å². The lowest BCUT2D eigenvalue weighted by Crippen LogP contribution is -2.42. The van der Waals surface area contributed by atoms with Crippen molar-refractivity contribution in [2.75, 3.05) is 13.2 Å². The van der Waals surface area contributed by atoms with Crippen LogP contribution in [0.15, 0.2) is 12.0 Å². The van der Waals surface area contributed by atoms with Crippen molar-refractivity contribution >= 4 is 11.9 Å². The summed E-state index contributed by atoms with van der Waals surface area (Å²) in [5, 5.41) is 11.4. The number of carbonyl (C=O) groups excluding carboxylic acids is 1. The number of carboxylic acid groups (broad SMARTS) is 1. The summed E-state index contributed by atoms with van der Waals surface area (Å²) in [5.74, 6) is -1.08. The maximum absolute atomic E-state index is 11.7. The van der Waals surface area contributed by atoms with Gasteiger partial charge in [-0.15, -0.1) is 0 Å². The molecule has 2 N–H and O–H groups in total. The van der Waals surface area contributed by atoms with Gasteiger partial charge in [0.1, 0.15) is 25.5 Å². The van der Waals surface area contributed by atoms with Crippen LogP contribution < -0.4 is 5.32 Å². The molecule has 6 nitrogen and oxygen atoms in total. The third kappa shape index (κ3) is 3.37. The molecule has 1 atom stereocenters. The van der Waals surface area contributed by atoms with E-state index in [2.05, 4.69) is 5.32 Å². The molecule has 1 amide bonds. The van der Waals surface area contributed by atoms with Crippen LogP contribution in [0, 0.1) is 5.92 Å². The predicted octanol–water partition coefficient (Wildman–Crippen LogP) is 0.244. The normalized spacial score (nSPS) is 20.6. The summed E-state index contributed by atoms with van der Waals surface area (Å²) >= 11 is 0. The summed E-state index contributed by atoms with van der Waals surface area (Å²) in [7, 11) is 0. The first kappa shape index (κ1) is 11.8. The lowest BCUT2D eigenvalue weighted by atomic mass is 10.1. The molecule has 0 spiro atoms. The van der Waals surface area contributed by atoms with Crippen LogP contribution >= 0.6 is 0 Å². The number of hydrogen-bond donors (Lipinski definition) is 2. The standard InChI is InChI=1S/C11H15NO5/c13-10(9-6-16-3-4-17-9)12-8(11(14)15)5-7-1-2-7/h6-8H,1-5H2,(H,12,13)(H,14,15)/t8-/m0/s1. The maximum atomic E-state index is 11.7. The average molecular weight is 241 g/mol. The summed E-state index contributed by atoms with van der Waals surface area (Å²) in [6, 6.07) is -0.846. The van der Waals surface area contributed by atoms with Gasteiger partial charge in [0.05, 0.1) is 0 Å². The van der Waals surface area contributed by atoms with Crippen molar-refractivity contribution < 1.29 is 24.2 Å². The van der Waals surface area contributed by atoms with Gasteiger partial charge in [-0.25, -0.2) is 4.79 Å². The van der Waals surface area contributed by atoms with Gasteiger partial charge in [-0.3, -0.25) is 4.79 Å². The molecule has 0 bridgehead atoms. The Kier molecular flexibility index (Phi) is 3.51. The monoisotopic (exact) mass is 241 g/mol. The number of aliphatic carboxylic acids is 1. The van der Waals surface area contributed by atoms with Crippen molar-refractivity contribution in [2.24, 2.45) is 5.92 Å². The summed E-state index contributed by atoms with van der Waals surface area (Å²) in [4.78, 5) is 22.6. The molecule has 94 valence electrons. The fourth-order valence-electron chi connectivity index (χ4n) is 1.63.